The Morgan fingerprint density at radius 1 is 0.829 bits per heavy atom. The zero-order chi connectivity index (χ0) is 26.5. The number of rotatable bonds is 9. The number of aromatic amines is 2. The predicted octanol–water partition coefficient (Wildman–Crippen LogP) is -0.641. The number of hydrogen-bond donors (Lipinski definition) is 9. The molecule has 0 aliphatic rings. The maximum Gasteiger partial charge on any atom is 0.321 e. The Bertz CT molecular complexity index is 1110. The van der Waals surface area contributed by atoms with Crippen molar-refractivity contribution in [2.45, 2.75) is 37.4 Å². The first kappa shape index (κ1) is 28.8. The highest BCUT2D eigenvalue weighted by molar-refractivity contribution is 5.84. The molecule has 0 aliphatic carbocycles. The zero-order valence-corrected chi connectivity index (χ0v) is 18.5. The second-order valence-electron chi connectivity index (χ2n) is 7.28. The van der Waals surface area contributed by atoms with Crippen LogP contribution in [0.4, 0.5) is 0 Å². The molecule has 12 N–H and O–H groups in total. The number of benzene rings is 1. The Morgan fingerprint density at radius 3 is 1.89 bits per heavy atom. The van der Waals surface area contributed by atoms with Gasteiger partial charge in [-0.3, -0.25) is 19.2 Å². The summed E-state index contributed by atoms with van der Waals surface area (Å²) >= 11 is 0. The summed E-state index contributed by atoms with van der Waals surface area (Å²) in [7, 11) is 0. The van der Waals surface area contributed by atoms with Gasteiger partial charge in [-0.1, -0.05) is 18.2 Å². The summed E-state index contributed by atoms with van der Waals surface area (Å²) < 4.78 is 0. The number of carbonyl (C=O) groups is 4. The van der Waals surface area contributed by atoms with Gasteiger partial charge in [0.05, 0.1) is 12.7 Å². The molecule has 35 heavy (non-hydrogen) atoms. The molecule has 190 valence electrons. The van der Waals surface area contributed by atoms with Crippen LogP contribution in [0, 0.1) is 0 Å². The van der Waals surface area contributed by atoms with Gasteiger partial charge >= 0.3 is 23.9 Å². The van der Waals surface area contributed by atoms with E-state index in [1.165, 1.54) is 6.33 Å². The minimum absolute atomic E-state index is 0.287. The third kappa shape index (κ3) is 10.5. The molecule has 14 heteroatoms. The molecule has 3 rings (SSSR count). The molecule has 3 aromatic rings. The Morgan fingerprint density at radius 2 is 1.40 bits per heavy atom. The van der Waals surface area contributed by atoms with E-state index in [0.717, 1.165) is 22.2 Å². The van der Waals surface area contributed by atoms with Crippen LogP contribution in [-0.4, -0.2) is 77.4 Å². The molecule has 1 aromatic carbocycles. The van der Waals surface area contributed by atoms with E-state index in [9.17, 15) is 19.2 Å². The van der Waals surface area contributed by atoms with Crippen LogP contribution in [-0.2, 0) is 32.0 Å². The van der Waals surface area contributed by atoms with Crippen molar-refractivity contribution < 1.29 is 39.6 Å². The molecule has 2 aromatic heterocycles. The van der Waals surface area contributed by atoms with Crippen molar-refractivity contribution in [3.63, 3.8) is 0 Å². The number of para-hydroxylation sites is 1. The number of nitrogens with two attached hydrogens (primary N) is 3. The van der Waals surface area contributed by atoms with Crippen molar-refractivity contribution in [1.82, 2.24) is 15.0 Å². The lowest BCUT2D eigenvalue weighted by atomic mass is 10.1. The largest absolute Gasteiger partial charge is 0.481 e. The third-order valence-electron chi connectivity index (χ3n) is 4.46. The van der Waals surface area contributed by atoms with E-state index >= 15 is 0 Å². The van der Waals surface area contributed by atoms with Crippen LogP contribution in [0.1, 0.15) is 17.7 Å². The monoisotopic (exact) mass is 492 g/mol. The van der Waals surface area contributed by atoms with Crippen LogP contribution in [0.25, 0.3) is 10.9 Å². The lowest BCUT2D eigenvalue weighted by Crippen LogP contribution is -2.32. The molecular weight excluding hydrogens is 464 g/mol. The van der Waals surface area contributed by atoms with Gasteiger partial charge in [-0.2, -0.15) is 0 Å². The van der Waals surface area contributed by atoms with Crippen molar-refractivity contribution in [2.24, 2.45) is 17.2 Å². The molecule has 0 spiro atoms. The highest BCUT2D eigenvalue weighted by Crippen LogP contribution is 2.18. The second kappa shape index (κ2) is 14.1. The minimum Gasteiger partial charge on any atom is -0.481 e. The van der Waals surface area contributed by atoms with Gasteiger partial charge in [0, 0.05) is 41.8 Å². The third-order valence-corrected chi connectivity index (χ3v) is 4.46. The average molecular weight is 492 g/mol. The summed E-state index contributed by atoms with van der Waals surface area (Å²) in [5.74, 6) is -4.47. The number of H-pyrrole nitrogens is 2. The number of aromatic nitrogens is 3. The van der Waals surface area contributed by atoms with Gasteiger partial charge < -0.3 is 47.6 Å². The normalized spacial score (nSPS) is 12.8. The van der Waals surface area contributed by atoms with Gasteiger partial charge in [0.15, 0.2) is 0 Å². The molecule has 0 bridgehead atoms. The van der Waals surface area contributed by atoms with E-state index < -0.39 is 48.4 Å². The maximum atomic E-state index is 10.6. The topological polar surface area (TPSA) is 272 Å². The smallest absolute Gasteiger partial charge is 0.321 e. The van der Waals surface area contributed by atoms with E-state index in [0.29, 0.717) is 6.42 Å². The van der Waals surface area contributed by atoms with E-state index in [2.05, 4.69) is 15.0 Å². The number of carboxylic acids is 4. The minimum atomic E-state index is -1.29. The standard InChI is InChI=1S/C11H12N2O2.C6H9N3O2.C4H7NO4/c12-9(11(14)15)5-7-6-13-10-4-2-1-3-8(7)10;7-5(6(10)11)1-4-2-8-3-9-4;5-2(4(8)9)1-3(6)7/h1-4,6,9,13H,5,12H2,(H,14,15);2-3,5H,1,7H2,(H,8,9)(H,10,11);2H,1,5H2,(H,6,7)(H,8,9)/t9-;5-;2-/m000/s1. The Balaban J connectivity index is 0.000000274. The van der Waals surface area contributed by atoms with Crippen LogP contribution < -0.4 is 17.2 Å². The SMILES string of the molecule is N[C@@H](CC(=O)O)C(=O)O.N[C@@H](Cc1c[nH]c2ccccc12)C(=O)O.N[C@@H](Cc1cnc[nH]1)C(=O)O. The van der Waals surface area contributed by atoms with Crippen molar-refractivity contribution in [3.05, 3.63) is 54.2 Å². The lowest BCUT2D eigenvalue weighted by molar-refractivity contribution is -0.144. The Hall–Kier alpha value is -4.27. The number of nitrogens with one attached hydrogen (secondary N) is 2. The van der Waals surface area contributed by atoms with Gasteiger partial charge in [-0.15, -0.1) is 0 Å². The summed E-state index contributed by atoms with van der Waals surface area (Å²) in [4.78, 5) is 50.1. The van der Waals surface area contributed by atoms with E-state index in [-0.39, 0.29) is 6.42 Å². The van der Waals surface area contributed by atoms with Gasteiger partial charge in [0.25, 0.3) is 0 Å². The number of fused-ring (bicyclic) bond motifs is 1. The van der Waals surface area contributed by atoms with Crippen LogP contribution in [0.5, 0.6) is 0 Å². The van der Waals surface area contributed by atoms with Crippen molar-refractivity contribution in [3.8, 4) is 0 Å². The fourth-order valence-electron chi connectivity index (χ4n) is 2.62. The number of carboxylic acid groups (broad SMARTS) is 4. The van der Waals surface area contributed by atoms with Crippen LogP contribution >= 0.6 is 0 Å². The van der Waals surface area contributed by atoms with Gasteiger partial charge in [0.2, 0.25) is 0 Å². The molecule has 3 atom stereocenters. The van der Waals surface area contributed by atoms with Crippen molar-refractivity contribution in [1.29, 1.82) is 0 Å². The number of imidazole rings is 1. The Labute approximate surface area is 198 Å². The van der Waals surface area contributed by atoms with Crippen molar-refractivity contribution >= 4 is 34.8 Å². The first-order valence-corrected chi connectivity index (χ1v) is 10.1. The van der Waals surface area contributed by atoms with E-state index in [1.54, 1.807) is 6.20 Å². The molecular formula is C21H28N6O8. The second-order valence-corrected chi connectivity index (χ2v) is 7.28. The van der Waals surface area contributed by atoms with Gasteiger partial charge in [-0.05, 0) is 11.6 Å². The number of hydrogen-bond acceptors (Lipinski definition) is 8. The molecule has 2 heterocycles. The number of aliphatic carboxylic acids is 4. The van der Waals surface area contributed by atoms with Crippen LogP contribution in [0.2, 0.25) is 0 Å². The quantitative estimate of drug-likeness (QED) is 0.180. The fraction of sp³-hybridized carbons (Fsp3) is 0.286. The van der Waals surface area contributed by atoms with Crippen molar-refractivity contribution in [2.75, 3.05) is 0 Å². The van der Waals surface area contributed by atoms with Crippen LogP contribution in [0.3, 0.4) is 0 Å². The maximum absolute atomic E-state index is 10.6. The highest BCUT2D eigenvalue weighted by Gasteiger charge is 2.15. The van der Waals surface area contributed by atoms with Gasteiger partial charge in [0.1, 0.15) is 18.1 Å². The molecule has 0 unspecified atom stereocenters. The first-order chi connectivity index (χ1) is 16.4. The molecule has 0 aliphatic heterocycles. The summed E-state index contributed by atoms with van der Waals surface area (Å²) in [6.45, 7) is 0. The fourth-order valence-corrected chi connectivity index (χ4v) is 2.62. The Kier molecular flexibility index (Phi) is 11.6. The predicted molar refractivity (Wildman–Crippen MR) is 123 cm³/mol. The number of nitrogens with zero attached hydrogens (tertiary/aromatic N) is 1. The zero-order valence-electron chi connectivity index (χ0n) is 18.5. The summed E-state index contributed by atoms with van der Waals surface area (Å²) in [6.07, 6.45) is 4.96. The summed E-state index contributed by atoms with van der Waals surface area (Å²) in [6, 6.07) is 4.77. The summed E-state index contributed by atoms with van der Waals surface area (Å²) in [5, 5.41) is 34.2. The lowest BCUT2D eigenvalue weighted by Gasteiger charge is -2.04. The van der Waals surface area contributed by atoms with Gasteiger partial charge in [-0.25, -0.2) is 4.98 Å². The average Bonchev–Trinajstić information content (AvgIpc) is 3.44. The van der Waals surface area contributed by atoms with E-state index in [4.69, 9.17) is 37.6 Å². The highest BCUT2D eigenvalue weighted by atomic mass is 16.4. The molecule has 0 saturated carbocycles. The molecule has 0 saturated heterocycles. The molecule has 14 nitrogen and oxygen atoms in total. The summed E-state index contributed by atoms with van der Waals surface area (Å²) in [5.41, 5.74) is 18.3. The van der Waals surface area contributed by atoms with Crippen LogP contribution in [0.15, 0.2) is 43.0 Å². The molecule has 0 fully saturated rings. The van der Waals surface area contributed by atoms with E-state index in [1.807, 2.05) is 30.5 Å². The molecule has 0 radical (unpaired) electrons. The first-order valence-electron chi connectivity index (χ1n) is 10.1. The molecule has 0 amide bonds.